The molecule has 0 aromatic heterocycles. The van der Waals surface area contributed by atoms with Gasteiger partial charge < -0.3 is 11.1 Å². The fraction of sp³-hybridized carbons (Fsp3) is 0.800. The highest BCUT2D eigenvalue weighted by atomic mass is 19.4. The first kappa shape index (κ1) is 12.1. The molecule has 1 amide bonds. The Bertz CT molecular complexity index is 190. The largest absolute Gasteiger partial charge is 0.401 e. The molecule has 3 N–H and O–H groups in total. The van der Waals surface area contributed by atoms with Gasteiger partial charge in [0.25, 0.3) is 5.91 Å². The predicted molar refractivity (Wildman–Crippen MR) is 33.1 cm³/mol. The number of rotatable bonds is 4. The lowest BCUT2D eigenvalue weighted by molar-refractivity contribution is -0.145. The number of carbonyl (C=O) groups excluding carboxylic acids is 1. The SMILES string of the molecule is NC(=O)C(F)(F)CNCC(F)(F)F. The van der Waals surface area contributed by atoms with E-state index in [0.717, 1.165) is 0 Å². The summed E-state index contributed by atoms with van der Waals surface area (Å²) in [5.41, 5.74) is 4.21. The van der Waals surface area contributed by atoms with Crippen LogP contribution in [-0.2, 0) is 4.79 Å². The van der Waals surface area contributed by atoms with Crippen molar-refractivity contribution in [3.63, 3.8) is 0 Å². The van der Waals surface area contributed by atoms with E-state index >= 15 is 0 Å². The smallest absolute Gasteiger partial charge is 0.364 e. The molecule has 3 nitrogen and oxygen atoms in total. The average Bonchev–Trinajstić information content (AvgIpc) is 1.82. The Morgan fingerprint density at radius 3 is 1.92 bits per heavy atom. The van der Waals surface area contributed by atoms with Crippen molar-refractivity contribution < 1.29 is 26.7 Å². The Hall–Kier alpha value is -0.920. The van der Waals surface area contributed by atoms with Crippen LogP contribution in [0.2, 0.25) is 0 Å². The van der Waals surface area contributed by atoms with Gasteiger partial charge in [-0.1, -0.05) is 0 Å². The van der Waals surface area contributed by atoms with E-state index in [4.69, 9.17) is 0 Å². The van der Waals surface area contributed by atoms with E-state index in [-0.39, 0.29) is 0 Å². The molecule has 13 heavy (non-hydrogen) atoms. The number of primary amides is 1. The molecule has 0 spiro atoms. The molecule has 0 aliphatic heterocycles. The van der Waals surface area contributed by atoms with Gasteiger partial charge in [0.15, 0.2) is 0 Å². The molecule has 0 aliphatic rings. The van der Waals surface area contributed by atoms with Crippen molar-refractivity contribution in [2.45, 2.75) is 12.1 Å². The molecule has 0 saturated heterocycles. The minimum atomic E-state index is -4.59. The maximum Gasteiger partial charge on any atom is 0.401 e. The zero-order valence-corrected chi connectivity index (χ0v) is 6.29. The first-order valence-corrected chi connectivity index (χ1v) is 3.10. The van der Waals surface area contributed by atoms with Gasteiger partial charge in [-0.25, -0.2) is 0 Å². The van der Waals surface area contributed by atoms with E-state index in [1.165, 1.54) is 5.32 Å². The van der Waals surface area contributed by atoms with E-state index in [9.17, 15) is 26.7 Å². The lowest BCUT2D eigenvalue weighted by Crippen LogP contribution is -2.46. The molecule has 0 aromatic carbocycles. The Kier molecular flexibility index (Phi) is 3.59. The first-order chi connectivity index (χ1) is 5.65. The van der Waals surface area contributed by atoms with Crippen molar-refractivity contribution in [3.8, 4) is 0 Å². The minimum Gasteiger partial charge on any atom is -0.364 e. The zero-order chi connectivity index (χ0) is 10.7. The number of nitrogens with two attached hydrogens (primary N) is 1. The van der Waals surface area contributed by atoms with Crippen molar-refractivity contribution in [1.82, 2.24) is 5.32 Å². The predicted octanol–water partition coefficient (Wildman–Crippen LogP) is 0.259. The summed E-state index contributed by atoms with van der Waals surface area (Å²) in [6, 6.07) is 0. The molecule has 0 saturated carbocycles. The highest BCUT2D eigenvalue weighted by Gasteiger charge is 2.37. The number of carbonyl (C=O) groups is 1. The zero-order valence-electron chi connectivity index (χ0n) is 6.29. The van der Waals surface area contributed by atoms with Crippen LogP contribution in [0.25, 0.3) is 0 Å². The van der Waals surface area contributed by atoms with Crippen LogP contribution in [0.5, 0.6) is 0 Å². The Morgan fingerprint density at radius 2 is 1.62 bits per heavy atom. The second-order valence-corrected chi connectivity index (χ2v) is 2.29. The molecule has 0 bridgehead atoms. The van der Waals surface area contributed by atoms with Gasteiger partial charge in [0.05, 0.1) is 13.1 Å². The van der Waals surface area contributed by atoms with E-state index in [2.05, 4.69) is 5.73 Å². The van der Waals surface area contributed by atoms with Crippen LogP contribution < -0.4 is 11.1 Å². The second-order valence-electron chi connectivity index (χ2n) is 2.29. The van der Waals surface area contributed by atoms with Crippen LogP contribution in [0.15, 0.2) is 0 Å². The summed E-state index contributed by atoms with van der Waals surface area (Å²) >= 11 is 0. The summed E-state index contributed by atoms with van der Waals surface area (Å²) in [4.78, 5) is 9.93. The lowest BCUT2D eigenvalue weighted by atomic mass is 10.3. The normalized spacial score (nSPS) is 13.0. The number of halogens is 5. The first-order valence-electron chi connectivity index (χ1n) is 3.10. The van der Waals surface area contributed by atoms with Crippen LogP contribution in [0.3, 0.4) is 0 Å². The average molecular weight is 206 g/mol. The third-order valence-corrected chi connectivity index (χ3v) is 1.03. The van der Waals surface area contributed by atoms with Gasteiger partial charge in [-0.05, 0) is 0 Å². The quantitative estimate of drug-likeness (QED) is 0.648. The molecule has 8 heteroatoms. The molecule has 0 aromatic rings. The lowest BCUT2D eigenvalue weighted by Gasteiger charge is -2.13. The van der Waals surface area contributed by atoms with Gasteiger partial charge in [-0.3, -0.25) is 4.79 Å². The van der Waals surface area contributed by atoms with Gasteiger partial charge in [-0.15, -0.1) is 0 Å². The number of hydrogen-bond acceptors (Lipinski definition) is 2. The molecule has 0 heterocycles. The monoisotopic (exact) mass is 206 g/mol. The van der Waals surface area contributed by atoms with E-state index in [1.807, 2.05) is 0 Å². The van der Waals surface area contributed by atoms with Crippen LogP contribution >= 0.6 is 0 Å². The van der Waals surface area contributed by atoms with Gasteiger partial charge in [0.2, 0.25) is 0 Å². The summed E-state index contributed by atoms with van der Waals surface area (Å²) in [7, 11) is 0. The van der Waals surface area contributed by atoms with Gasteiger partial charge in [0.1, 0.15) is 0 Å². The molecular formula is C5H7F5N2O. The molecule has 0 atom stereocenters. The summed E-state index contributed by atoms with van der Waals surface area (Å²) < 4.78 is 58.7. The van der Waals surface area contributed by atoms with Crippen LogP contribution in [0.1, 0.15) is 0 Å². The standard InChI is InChI=1S/C5H7F5N2O/c6-4(7,3(11)13)1-12-2-5(8,9)10/h12H,1-2H2,(H2,11,13). The molecular weight excluding hydrogens is 199 g/mol. The number of hydrogen-bond donors (Lipinski definition) is 2. The molecule has 0 unspecified atom stereocenters. The minimum absolute atomic E-state index is 1.37. The highest BCUT2D eigenvalue weighted by Crippen LogP contribution is 2.14. The number of amides is 1. The third kappa shape index (κ3) is 5.34. The summed E-state index contributed by atoms with van der Waals surface area (Å²) in [6.45, 7) is -3.00. The summed E-state index contributed by atoms with van der Waals surface area (Å²) in [5.74, 6) is -5.91. The van der Waals surface area contributed by atoms with Gasteiger partial charge in [-0.2, -0.15) is 22.0 Å². The fourth-order valence-corrected chi connectivity index (χ4v) is 0.448. The van der Waals surface area contributed by atoms with Crippen molar-refractivity contribution in [2.24, 2.45) is 5.73 Å². The Balaban J connectivity index is 3.84. The topological polar surface area (TPSA) is 55.1 Å². The fourth-order valence-electron chi connectivity index (χ4n) is 0.448. The van der Waals surface area contributed by atoms with Crippen LogP contribution in [0.4, 0.5) is 22.0 Å². The van der Waals surface area contributed by atoms with Crippen LogP contribution in [-0.4, -0.2) is 31.1 Å². The molecule has 0 rings (SSSR count). The third-order valence-electron chi connectivity index (χ3n) is 1.03. The van der Waals surface area contributed by atoms with Crippen LogP contribution in [0, 0.1) is 0 Å². The molecule has 78 valence electrons. The van der Waals surface area contributed by atoms with Crippen molar-refractivity contribution in [2.75, 3.05) is 13.1 Å². The van der Waals surface area contributed by atoms with E-state index < -0.39 is 31.1 Å². The van der Waals surface area contributed by atoms with Gasteiger partial charge in [0, 0.05) is 0 Å². The maximum absolute atomic E-state index is 12.2. The second kappa shape index (κ2) is 3.86. The van der Waals surface area contributed by atoms with E-state index in [1.54, 1.807) is 0 Å². The van der Waals surface area contributed by atoms with Crippen molar-refractivity contribution in [1.29, 1.82) is 0 Å². The molecule has 0 radical (unpaired) electrons. The summed E-state index contributed by atoms with van der Waals surface area (Å²) in [5, 5.41) is 1.37. The highest BCUT2D eigenvalue weighted by molar-refractivity contribution is 5.81. The Labute approximate surface area is 70.1 Å². The van der Waals surface area contributed by atoms with E-state index in [0.29, 0.717) is 0 Å². The molecule has 0 fully saturated rings. The van der Waals surface area contributed by atoms with Crippen molar-refractivity contribution >= 4 is 5.91 Å². The number of alkyl halides is 5. The summed E-state index contributed by atoms with van der Waals surface area (Å²) in [6.07, 6.45) is -4.59. The number of nitrogens with one attached hydrogen (secondary N) is 1. The van der Waals surface area contributed by atoms with Crippen molar-refractivity contribution in [3.05, 3.63) is 0 Å². The Morgan fingerprint density at radius 1 is 1.15 bits per heavy atom. The molecule has 0 aliphatic carbocycles. The maximum atomic E-state index is 12.2. The van der Waals surface area contributed by atoms with Gasteiger partial charge >= 0.3 is 12.1 Å².